The molecule has 160 valence electrons. The van der Waals surface area contributed by atoms with Crippen molar-refractivity contribution < 1.29 is 9.59 Å². The first kappa shape index (κ1) is 20.2. The molecular weight excluding hydrogens is 420 g/mol. The van der Waals surface area contributed by atoms with Gasteiger partial charge in [0.05, 0.1) is 10.6 Å². The zero-order valence-electron chi connectivity index (χ0n) is 17.3. The van der Waals surface area contributed by atoms with Gasteiger partial charge < -0.3 is 10.2 Å². The van der Waals surface area contributed by atoms with Crippen LogP contribution in [0.2, 0.25) is 0 Å². The fraction of sp³-hybridized carbons (Fsp3) is 0.160. The van der Waals surface area contributed by atoms with Crippen LogP contribution in [0.25, 0.3) is 16.3 Å². The molecule has 3 heterocycles. The van der Waals surface area contributed by atoms with E-state index in [1.54, 1.807) is 20.9 Å². The second-order valence-corrected chi connectivity index (χ2v) is 8.60. The first-order chi connectivity index (χ1) is 15.7. The second kappa shape index (κ2) is 8.80. The van der Waals surface area contributed by atoms with Crippen molar-refractivity contribution >= 4 is 28.8 Å². The van der Waals surface area contributed by atoms with Crippen LogP contribution < -0.4 is 5.32 Å². The van der Waals surface area contributed by atoms with Gasteiger partial charge in [-0.25, -0.2) is 4.68 Å². The van der Waals surface area contributed by atoms with Crippen LogP contribution in [0.3, 0.4) is 0 Å². The molecule has 4 aromatic rings. The molecular formula is C25H22N4O2S. The third-order valence-corrected chi connectivity index (χ3v) is 6.45. The van der Waals surface area contributed by atoms with Gasteiger partial charge in [-0.1, -0.05) is 42.5 Å². The molecule has 1 aliphatic rings. The Labute approximate surface area is 190 Å². The maximum absolute atomic E-state index is 13.7. The van der Waals surface area contributed by atoms with Gasteiger partial charge in [0.15, 0.2) is 0 Å². The van der Waals surface area contributed by atoms with Gasteiger partial charge in [-0.3, -0.25) is 9.59 Å². The summed E-state index contributed by atoms with van der Waals surface area (Å²) in [4.78, 5) is 29.3. The summed E-state index contributed by atoms with van der Waals surface area (Å²) in [5.74, 6) is -0.346. The average Bonchev–Trinajstić information content (AvgIpc) is 3.60. The number of carbonyl (C=O) groups excluding carboxylic acids is 2. The van der Waals surface area contributed by atoms with Crippen LogP contribution in [0.5, 0.6) is 0 Å². The smallest absolute Gasteiger partial charge is 0.273 e. The highest BCUT2D eigenvalue weighted by molar-refractivity contribution is 7.13. The maximum atomic E-state index is 13.7. The number of anilines is 1. The number of aromatic nitrogens is 2. The molecule has 0 unspecified atom stereocenters. The van der Waals surface area contributed by atoms with E-state index >= 15 is 0 Å². The summed E-state index contributed by atoms with van der Waals surface area (Å²) < 4.78 is 1.68. The summed E-state index contributed by atoms with van der Waals surface area (Å²) in [6, 6.07) is 24.2. The van der Waals surface area contributed by atoms with E-state index in [2.05, 4.69) is 5.32 Å². The molecule has 1 fully saturated rings. The molecule has 7 heteroatoms. The monoisotopic (exact) mass is 442 g/mol. The molecule has 0 spiro atoms. The minimum atomic E-state index is -0.507. The van der Waals surface area contributed by atoms with Crippen molar-refractivity contribution in [3.8, 4) is 16.3 Å². The van der Waals surface area contributed by atoms with Crippen LogP contribution in [-0.4, -0.2) is 39.1 Å². The van der Waals surface area contributed by atoms with Gasteiger partial charge in [0.2, 0.25) is 5.91 Å². The normalized spacial score (nSPS) is 15.6. The van der Waals surface area contributed by atoms with E-state index in [-0.39, 0.29) is 11.8 Å². The molecule has 2 aromatic carbocycles. The van der Waals surface area contributed by atoms with Gasteiger partial charge in [-0.05, 0) is 54.6 Å². The fourth-order valence-electron chi connectivity index (χ4n) is 4.02. The number of para-hydroxylation sites is 2. The lowest BCUT2D eigenvalue weighted by Gasteiger charge is -2.24. The van der Waals surface area contributed by atoms with Gasteiger partial charge in [-0.2, -0.15) is 5.10 Å². The van der Waals surface area contributed by atoms with Gasteiger partial charge in [0.1, 0.15) is 17.4 Å². The van der Waals surface area contributed by atoms with Crippen molar-refractivity contribution in [2.45, 2.75) is 18.9 Å². The zero-order chi connectivity index (χ0) is 21.9. The molecule has 5 rings (SSSR count). The Bertz CT molecular complexity index is 1220. The topological polar surface area (TPSA) is 67.2 Å². The van der Waals surface area contributed by atoms with Crippen LogP contribution in [-0.2, 0) is 4.79 Å². The van der Waals surface area contributed by atoms with E-state index < -0.39 is 6.04 Å². The Hall–Kier alpha value is -3.71. The summed E-state index contributed by atoms with van der Waals surface area (Å²) in [6.45, 7) is 0.542. The Morgan fingerprint density at radius 1 is 0.969 bits per heavy atom. The summed E-state index contributed by atoms with van der Waals surface area (Å²) in [5, 5.41) is 9.66. The number of hydrogen-bond donors (Lipinski definition) is 1. The van der Waals surface area contributed by atoms with Gasteiger partial charge in [-0.15, -0.1) is 11.3 Å². The number of rotatable bonds is 5. The summed E-state index contributed by atoms with van der Waals surface area (Å²) >= 11 is 1.58. The van der Waals surface area contributed by atoms with Crippen LogP contribution in [0, 0.1) is 0 Å². The Balaban J connectivity index is 1.47. The largest absolute Gasteiger partial charge is 0.325 e. The fourth-order valence-corrected chi connectivity index (χ4v) is 4.70. The first-order valence-corrected chi connectivity index (χ1v) is 11.4. The molecule has 2 aromatic heterocycles. The van der Waals surface area contributed by atoms with E-state index in [4.69, 9.17) is 5.10 Å². The number of thiophene rings is 1. The maximum Gasteiger partial charge on any atom is 0.273 e. The standard InChI is InChI=1S/C25H22N4O2S/c30-24(26-18-9-3-1-4-10-18)21-13-7-15-28(21)25(31)22-17-20(23-14-8-16-32-23)27-29(22)19-11-5-2-6-12-19/h1-6,8-12,14,16-17,21H,7,13,15H2,(H,26,30)/t21-/m1/s1. The SMILES string of the molecule is O=C(Nc1ccccc1)[C@H]1CCCN1C(=O)c1cc(-c2cccs2)nn1-c1ccccc1. The molecule has 0 saturated carbocycles. The molecule has 1 saturated heterocycles. The van der Waals surface area contributed by atoms with E-state index in [9.17, 15) is 9.59 Å². The number of likely N-dealkylation sites (tertiary alicyclic amines) is 1. The molecule has 1 N–H and O–H groups in total. The highest BCUT2D eigenvalue weighted by atomic mass is 32.1. The van der Waals surface area contributed by atoms with Gasteiger partial charge >= 0.3 is 0 Å². The second-order valence-electron chi connectivity index (χ2n) is 7.65. The van der Waals surface area contributed by atoms with Crippen LogP contribution in [0.1, 0.15) is 23.3 Å². The number of hydrogen-bond acceptors (Lipinski definition) is 4. The highest BCUT2D eigenvalue weighted by Crippen LogP contribution is 2.28. The molecule has 0 radical (unpaired) electrons. The number of carbonyl (C=O) groups is 2. The van der Waals surface area contributed by atoms with Crippen molar-refractivity contribution in [2.24, 2.45) is 0 Å². The average molecular weight is 443 g/mol. The minimum absolute atomic E-state index is 0.161. The molecule has 1 atom stereocenters. The number of benzene rings is 2. The third kappa shape index (κ3) is 3.94. The summed E-state index contributed by atoms with van der Waals surface area (Å²) in [6.07, 6.45) is 1.43. The lowest BCUT2D eigenvalue weighted by Crippen LogP contribution is -2.43. The Morgan fingerprint density at radius 2 is 1.72 bits per heavy atom. The summed E-state index contributed by atoms with van der Waals surface area (Å²) in [7, 11) is 0. The molecule has 0 bridgehead atoms. The van der Waals surface area contributed by atoms with Crippen molar-refractivity contribution in [1.29, 1.82) is 0 Å². The molecule has 0 aliphatic carbocycles. The quantitative estimate of drug-likeness (QED) is 0.481. The highest BCUT2D eigenvalue weighted by Gasteiger charge is 2.36. The lowest BCUT2D eigenvalue weighted by molar-refractivity contribution is -0.119. The van der Waals surface area contributed by atoms with Gasteiger partial charge in [0.25, 0.3) is 5.91 Å². The number of nitrogens with zero attached hydrogens (tertiary/aromatic N) is 3. The van der Waals surface area contributed by atoms with E-state index in [1.165, 1.54) is 0 Å². The molecule has 2 amide bonds. The van der Waals surface area contributed by atoms with E-state index in [1.807, 2.05) is 84.2 Å². The predicted molar refractivity (Wildman–Crippen MR) is 126 cm³/mol. The number of nitrogens with one attached hydrogen (secondary N) is 1. The molecule has 32 heavy (non-hydrogen) atoms. The van der Waals surface area contributed by atoms with Crippen molar-refractivity contribution in [3.05, 3.63) is 89.9 Å². The van der Waals surface area contributed by atoms with Crippen molar-refractivity contribution in [1.82, 2.24) is 14.7 Å². The van der Waals surface area contributed by atoms with Crippen LogP contribution in [0.4, 0.5) is 5.69 Å². The summed E-state index contributed by atoms with van der Waals surface area (Å²) in [5.41, 5.74) is 2.74. The van der Waals surface area contributed by atoms with Crippen molar-refractivity contribution in [3.63, 3.8) is 0 Å². The zero-order valence-corrected chi connectivity index (χ0v) is 18.2. The third-order valence-electron chi connectivity index (χ3n) is 5.56. The lowest BCUT2D eigenvalue weighted by atomic mass is 10.2. The first-order valence-electron chi connectivity index (χ1n) is 10.6. The van der Waals surface area contributed by atoms with E-state index in [0.29, 0.717) is 18.7 Å². The van der Waals surface area contributed by atoms with E-state index in [0.717, 1.165) is 28.4 Å². The van der Waals surface area contributed by atoms with Gasteiger partial charge in [0, 0.05) is 12.2 Å². The Kier molecular flexibility index (Phi) is 5.56. The van der Waals surface area contributed by atoms with Crippen LogP contribution >= 0.6 is 11.3 Å². The Morgan fingerprint density at radius 3 is 2.44 bits per heavy atom. The number of amides is 2. The molecule has 6 nitrogen and oxygen atoms in total. The van der Waals surface area contributed by atoms with Crippen molar-refractivity contribution in [2.75, 3.05) is 11.9 Å². The predicted octanol–water partition coefficient (Wildman–Crippen LogP) is 4.84. The molecule has 1 aliphatic heterocycles. The van der Waals surface area contributed by atoms with Crippen LogP contribution in [0.15, 0.2) is 84.2 Å². The minimum Gasteiger partial charge on any atom is -0.325 e.